The molecule has 2 aromatic rings. The minimum atomic E-state index is 0.0776. The van der Waals surface area contributed by atoms with E-state index in [9.17, 15) is 0 Å². The largest absolute Gasteiger partial charge is 0.372 e. The van der Waals surface area contributed by atoms with Crippen LogP contribution in [0.25, 0.3) is 0 Å². The second-order valence-electron chi connectivity index (χ2n) is 6.69. The number of ether oxygens (including phenoxy) is 1. The molecule has 2 atom stereocenters. The van der Waals surface area contributed by atoms with Crippen LogP contribution in [0.3, 0.4) is 0 Å². The van der Waals surface area contributed by atoms with Gasteiger partial charge in [-0.05, 0) is 38.0 Å². The quantitative estimate of drug-likeness (QED) is 0.910. The molecule has 0 bridgehead atoms. The number of aryl methyl sites for hydroxylation is 2. The molecule has 0 radical (unpaired) electrons. The van der Waals surface area contributed by atoms with Crippen molar-refractivity contribution in [1.82, 2.24) is 20.1 Å². The molecule has 1 aliphatic heterocycles. The highest BCUT2D eigenvalue weighted by Gasteiger charge is 2.33. The highest BCUT2D eigenvalue weighted by Crippen LogP contribution is 2.33. The molecule has 0 aliphatic carbocycles. The molecule has 1 aliphatic rings. The number of anilines is 1. The molecule has 0 aromatic carbocycles. The third kappa shape index (κ3) is 3.30. The summed E-state index contributed by atoms with van der Waals surface area (Å²) in [6, 6.07) is 4.49. The Morgan fingerprint density at radius 1 is 1.38 bits per heavy atom. The van der Waals surface area contributed by atoms with Crippen molar-refractivity contribution in [2.45, 2.75) is 39.0 Å². The molecule has 1 saturated heterocycles. The Kier molecular flexibility index (Phi) is 4.87. The van der Waals surface area contributed by atoms with Crippen LogP contribution in [0.2, 0.25) is 0 Å². The zero-order valence-electron chi connectivity index (χ0n) is 15.2. The van der Waals surface area contributed by atoms with Crippen LogP contribution in [0, 0.1) is 13.8 Å². The lowest BCUT2D eigenvalue weighted by molar-refractivity contribution is 0.0974. The Bertz CT molecular complexity index is 709. The predicted molar refractivity (Wildman–Crippen MR) is 95.2 cm³/mol. The maximum absolute atomic E-state index is 6.04. The van der Waals surface area contributed by atoms with Gasteiger partial charge in [0.2, 0.25) is 0 Å². The first kappa shape index (κ1) is 16.9. The Balaban J connectivity index is 1.72. The normalized spacial score (nSPS) is 20.5. The van der Waals surface area contributed by atoms with Gasteiger partial charge in [0.05, 0.1) is 5.69 Å². The molecule has 2 aromatic heterocycles. The molecule has 130 valence electrons. The first-order chi connectivity index (χ1) is 11.5. The summed E-state index contributed by atoms with van der Waals surface area (Å²) in [6.45, 7) is 5.77. The summed E-state index contributed by atoms with van der Waals surface area (Å²) >= 11 is 0. The SMILES string of the molecule is Cc1nn(C)c(C)c1[C@H]1OCC[C@@H]1NCc1ccnc(N(C)C)c1. The minimum absolute atomic E-state index is 0.0776. The van der Waals surface area contributed by atoms with Gasteiger partial charge in [-0.25, -0.2) is 4.98 Å². The van der Waals surface area contributed by atoms with Crippen molar-refractivity contribution in [2.75, 3.05) is 25.6 Å². The van der Waals surface area contributed by atoms with E-state index in [-0.39, 0.29) is 6.10 Å². The molecule has 1 fully saturated rings. The minimum Gasteiger partial charge on any atom is -0.372 e. The lowest BCUT2D eigenvalue weighted by Gasteiger charge is -2.21. The monoisotopic (exact) mass is 329 g/mol. The summed E-state index contributed by atoms with van der Waals surface area (Å²) < 4.78 is 7.98. The molecule has 0 amide bonds. The lowest BCUT2D eigenvalue weighted by Crippen LogP contribution is -2.31. The Labute approximate surface area is 143 Å². The summed E-state index contributed by atoms with van der Waals surface area (Å²) in [5, 5.41) is 8.20. The van der Waals surface area contributed by atoms with Gasteiger partial charge in [-0.2, -0.15) is 5.10 Å². The van der Waals surface area contributed by atoms with E-state index in [4.69, 9.17) is 4.74 Å². The molecule has 3 heterocycles. The van der Waals surface area contributed by atoms with E-state index < -0.39 is 0 Å². The van der Waals surface area contributed by atoms with Gasteiger partial charge < -0.3 is 15.0 Å². The van der Waals surface area contributed by atoms with Crippen molar-refractivity contribution in [3.8, 4) is 0 Å². The van der Waals surface area contributed by atoms with Crippen LogP contribution in [0.15, 0.2) is 18.3 Å². The van der Waals surface area contributed by atoms with E-state index in [1.54, 1.807) is 0 Å². The number of nitrogens with zero attached hydrogens (tertiary/aromatic N) is 4. The Morgan fingerprint density at radius 2 is 2.17 bits per heavy atom. The van der Waals surface area contributed by atoms with E-state index in [0.717, 1.165) is 31.1 Å². The summed E-state index contributed by atoms with van der Waals surface area (Å²) in [7, 11) is 6.01. The Morgan fingerprint density at radius 3 is 2.83 bits per heavy atom. The van der Waals surface area contributed by atoms with Crippen LogP contribution in [-0.4, -0.2) is 41.5 Å². The van der Waals surface area contributed by atoms with Crippen LogP contribution in [-0.2, 0) is 18.3 Å². The van der Waals surface area contributed by atoms with E-state index in [0.29, 0.717) is 6.04 Å². The number of pyridine rings is 1. The van der Waals surface area contributed by atoms with Crippen molar-refractivity contribution in [2.24, 2.45) is 7.05 Å². The maximum atomic E-state index is 6.04. The smallest absolute Gasteiger partial charge is 0.128 e. The van der Waals surface area contributed by atoms with Gasteiger partial charge in [-0.15, -0.1) is 0 Å². The fraction of sp³-hybridized carbons (Fsp3) is 0.556. The summed E-state index contributed by atoms with van der Waals surface area (Å²) in [6.07, 6.45) is 2.96. The van der Waals surface area contributed by atoms with Crippen molar-refractivity contribution in [3.63, 3.8) is 0 Å². The average molecular weight is 329 g/mol. The van der Waals surface area contributed by atoms with Crippen LogP contribution >= 0.6 is 0 Å². The lowest BCUT2D eigenvalue weighted by atomic mass is 10.00. The second-order valence-corrected chi connectivity index (χ2v) is 6.69. The number of nitrogens with one attached hydrogen (secondary N) is 1. The standard InChI is InChI=1S/C18H27N5O/c1-12-17(13(2)23(5)21-12)18-15(7-9-24-18)20-11-14-6-8-19-16(10-14)22(3)4/h6,8,10,15,18,20H,7,9,11H2,1-5H3/t15-,18-/m0/s1. The molecular formula is C18H27N5O. The molecule has 1 N–H and O–H groups in total. The zero-order chi connectivity index (χ0) is 17.3. The third-order valence-corrected chi connectivity index (χ3v) is 4.78. The van der Waals surface area contributed by atoms with Gasteiger partial charge in [0.25, 0.3) is 0 Å². The van der Waals surface area contributed by atoms with E-state index in [2.05, 4.69) is 41.4 Å². The van der Waals surface area contributed by atoms with Crippen molar-refractivity contribution < 1.29 is 4.74 Å². The van der Waals surface area contributed by atoms with Crippen LogP contribution in [0.1, 0.15) is 35.0 Å². The topological polar surface area (TPSA) is 55.2 Å². The molecular weight excluding hydrogens is 302 g/mol. The van der Waals surface area contributed by atoms with E-state index in [1.807, 2.05) is 36.9 Å². The first-order valence-electron chi connectivity index (χ1n) is 8.44. The summed E-state index contributed by atoms with van der Waals surface area (Å²) in [5.41, 5.74) is 4.72. The molecule has 0 saturated carbocycles. The van der Waals surface area contributed by atoms with Crippen LogP contribution < -0.4 is 10.2 Å². The predicted octanol–water partition coefficient (Wildman–Crippen LogP) is 2.12. The maximum Gasteiger partial charge on any atom is 0.128 e. The highest BCUT2D eigenvalue weighted by atomic mass is 16.5. The number of hydrogen-bond donors (Lipinski definition) is 1. The van der Waals surface area contributed by atoms with Gasteiger partial charge in [-0.3, -0.25) is 4.68 Å². The molecule has 6 nitrogen and oxygen atoms in total. The number of aromatic nitrogens is 3. The molecule has 0 spiro atoms. The number of rotatable bonds is 5. The third-order valence-electron chi connectivity index (χ3n) is 4.78. The van der Waals surface area contributed by atoms with Gasteiger partial charge in [0, 0.05) is 57.8 Å². The fourth-order valence-electron chi connectivity index (χ4n) is 3.35. The fourth-order valence-corrected chi connectivity index (χ4v) is 3.35. The van der Waals surface area contributed by atoms with Crippen LogP contribution in [0.5, 0.6) is 0 Å². The average Bonchev–Trinajstić information content (AvgIpc) is 3.10. The van der Waals surface area contributed by atoms with Gasteiger partial charge in [-0.1, -0.05) is 0 Å². The summed E-state index contributed by atoms with van der Waals surface area (Å²) in [5.74, 6) is 0.979. The zero-order valence-corrected chi connectivity index (χ0v) is 15.2. The molecule has 6 heteroatoms. The van der Waals surface area contributed by atoms with Crippen LogP contribution in [0.4, 0.5) is 5.82 Å². The molecule has 3 rings (SSSR count). The van der Waals surface area contributed by atoms with E-state index in [1.165, 1.54) is 16.8 Å². The summed E-state index contributed by atoms with van der Waals surface area (Å²) in [4.78, 5) is 6.39. The van der Waals surface area contributed by atoms with Crippen molar-refractivity contribution in [1.29, 1.82) is 0 Å². The van der Waals surface area contributed by atoms with Gasteiger partial charge in [0.15, 0.2) is 0 Å². The molecule has 0 unspecified atom stereocenters. The highest BCUT2D eigenvalue weighted by molar-refractivity contribution is 5.39. The van der Waals surface area contributed by atoms with E-state index >= 15 is 0 Å². The number of hydrogen-bond acceptors (Lipinski definition) is 5. The van der Waals surface area contributed by atoms with Crippen molar-refractivity contribution >= 4 is 5.82 Å². The van der Waals surface area contributed by atoms with Gasteiger partial charge >= 0.3 is 0 Å². The molecule has 24 heavy (non-hydrogen) atoms. The Hall–Kier alpha value is -1.92. The second kappa shape index (κ2) is 6.91. The van der Waals surface area contributed by atoms with Gasteiger partial charge in [0.1, 0.15) is 11.9 Å². The van der Waals surface area contributed by atoms with Crippen molar-refractivity contribution in [3.05, 3.63) is 40.8 Å². The first-order valence-corrected chi connectivity index (χ1v) is 8.44.